The lowest BCUT2D eigenvalue weighted by Crippen LogP contribution is -2.17. The van der Waals surface area contributed by atoms with E-state index in [-0.39, 0.29) is 11.3 Å². The quantitative estimate of drug-likeness (QED) is 0.746. The van der Waals surface area contributed by atoms with Gasteiger partial charge >= 0.3 is 5.97 Å². The molecule has 2 rings (SSSR count). The summed E-state index contributed by atoms with van der Waals surface area (Å²) in [6.45, 7) is 2.23. The molecule has 2 N–H and O–H groups in total. The highest BCUT2D eigenvalue weighted by atomic mass is 16.4. The van der Waals surface area contributed by atoms with E-state index in [2.05, 4.69) is 5.32 Å². The lowest BCUT2D eigenvalue weighted by Gasteiger charge is -2.20. The number of hydrogen-bond donors (Lipinski definition) is 2. The van der Waals surface area contributed by atoms with Gasteiger partial charge in [0, 0.05) is 12.1 Å². The first-order chi connectivity index (χ1) is 7.59. The zero-order valence-electron chi connectivity index (χ0n) is 9.04. The SMILES string of the molecule is CC(=O)c1cc2c(c(C(=O)O)c1)NCCC2. The lowest BCUT2D eigenvalue weighted by atomic mass is 9.95. The number of fused-ring (bicyclic) bond motifs is 1. The van der Waals surface area contributed by atoms with Gasteiger partial charge in [-0.1, -0.05) is 0 Å². The summed E-state index contributed by atoms with van der Waals surface area (Å²) in [5, 5.41) is 12.2. The number of nitrogens with one attached hydrogen (secondary N) is 1. The minimum absolute atomic E-state index is 0.101. The molecule has 84 valence electrons. The number of carboxylic acid groups (broad SMARTS) is 1. The molecule has 0 bridgehead atoms. The standard InChI is InChI=1S/C12H13NO3/c1-7(14)9-5-8-3-2-4-13-11(8)10(6-9)12(15)16/h5-6,13H,2-4H2,1H3,(H,15,16). The zero-order chi connectivity index (χ0) is 11.7. The van der Waals surface area contributed by atoms with Crippen LogP contribution < -0.4 is 5.32 Å². The topological polar surface area (TPSA) is 66.4 Å². The molecule has 1 heterocycles. The van der Waals surface area contributed by atoms with Crippen molar-refractivity contribution < 1.29 is 14.7 Å². The molecule has 0 saturated heterocycles. The second-order valence-corrected chi connectivity index (χ2v) is 3.95. The van der Waals surface area contributed by atoms with Gasteiger partial charge in [0.2, 0.25) is 0 Å². The fraction of sp³-hybridized carbons (Fsp3) is 0.333. The summed E-state index contributed by atoms with van der Waals surface area (Å²) in [5.41, 5.74) is 2.27. The van der Waals surface area contributed by atoms with Crippen LogP contribution in [0.2, 0.25) is 0 Å². The molecule has 4 heteroatoms. The lowest BCUT2D eigenvalue weighted by molar-refractivity contribution is 0.0697. The Kier molecular flexibility index (Phi) is 2.64. The largest absolute Gasteiger partial charge is 0.478 e. The molecule has 1 aliphatic heterocycles. The minimum atomic E-state index is -0.992. The molecule has 16 heavy (non-hydrogen) atoms. The van der Waals surface area contributed by atoms with E-state index in [4.69, 9.17) is 5.11 Å². The highest BCUT2D eigenvalue weighted by Gasteiger charge is 2.19. The van der Waals surface area contributed by atoms with Crippen molar-refractivity contribution in [2.24, 2.45) is 0 Å². The van der Waals surface area contributed by atoms with E-state index in [9.17, 15) is 9.59 Å². The molecule has 0 fully saturated rings. The fourth-order valence-electron chi connectivity index (χ4n) is 1.97. The molecule has 1 aromatic rings. The van der Waals surface area contributed by atoms with Crippen LogP contribution in [0.3, 0.4) is 0 Å². The predicted molar refractivity (Wildman–Crippen MR) is 60.2 cm³/mol. The third kappa shape index (κ3) is 1.78. The fourth-order valence-corrected chi connectivity index (χ4v) is 1.97. The summed E-state index contributed by atoms with van der Waals surface area (Å²) < 4.78 is 0. The summed E-state index contributed by atoms with van der Waals surface area (Å²) in [7, 11) is 0. The molecule has 0 aliphatic carbocycles. The molecule has 0 radical (unpaired) electrons. The predicted octanol–water partition coefficient (Wildman–Crippen LogP) is 1.95. The second-order valence-electron chi connectivity index (χ2n) is 3.95. The smallest absolute Gasteiger partial charge is 0.337 e. The van der Waals surface area contributed by atoms with Crippen molar-refractivity contribution in [1.29, 1.82) is 0 Å². The number of benzene rings is 1. The van der Waals surface area contributed by atoms with Crippen molar-refractivity contribution in [3.8, 4) is 0 Å². The molecular formula is C12H13NO3. The van der Waals surface area contributed by atoms with Gasteiger partial charge in [0.25, 0.3) is 0 Å². The number of aromatic carboxylic acids is 1. The van der Waals surface area contributed by atoms with Crippen LogP contribution in [0.5, 0.6) is 0 Å². The molecule has 1 aromatic carbocycles. The van der Waals surface area contributed by atoms with Gasteiger partial charge < -0.3 is 10.4 Å². The van der Waals surface area contributed by atoms with Gasteiger partial charge in [-0.05, 0) is 37.5 Å². The number of rotatable bonds is 2. The van der Waals surface area contributed by atoms with Crippen LogP contribution in [0.15, 0.2) is 12.1 Å². The average molecular weight is 219 g/mol. The van der Waals surface area contributed by atoms with Gasteiger partial charge in [0.05, 0.1) is 11.3 Å². The van der Waals surface area contributed by atoms with Crippen LogP contribution in [0.4, 0.5) is 5.69 Å². The molecule has 0 spiro atoms. The van der Waals surface area contributed by atoms with Crippen molar-refractivity contribution >= 4 is 17.4 Å². The minimum Gasteiger partial charge on any atom is -0.478 e. The van der Waals surface area contributed by atoms with Gasteiger partial charge in [-0.3, -0.25) is 4.79 Å². The zero-order valence-corrected chi connectivity index (χ0v) is 9.04. The Bertz CT molecular complexity index is 466. The van der Waals surface area contributed by atoms with E-state index >= 15 is 0 Å². The van der Waals surface area contributed by atoms with E-state index < -0.39 is 5.97 Å². The Morgan fingerprint density at radius 1 is 1.38 bits per heavy atom. The van der Waals surface area contributed by atoms with Crippen molar-refractivity contribution in [2.45, 2.75) is 19.8 Å². The van der Waals surface area contributed by atoms with E-state index in [0.29, 0.717) is 11.3 Å². The Hall–Kier alpha value is -1.84. The van der Waals surface area contributed by atoms with Crippen LogP contribution in [0, 0.1) is 0 Å². The van der Waals surface area contributed by atoms with Crippen molar-refractivity contribution in [3.05, 3.63) is 28.8 Å². The van der Waals surface area contributed by atoms with Gasteiger partial charge in [-0.25, -0.2) is 4.79 Å². The number of hydrogen-bond acceptors (Lipinski definition) is 3. The molecule has 0 aromatic heterocycles. The van der Waals surface area contributed by atoms with Crippen LogP contribution in [-0.2, 0) is 6.42 Å². The Morgan fingerprint density at radius 2 is 2.12 bits per heavy atom. The number of Topliss-reactive ketones (excluding diaryl/α,β-unsaturated/α-hetero) is 1. The third-order valence-electron chi connectivity index (χ3n) is 2.78. The highest BCUT2D eigenvalue weighted by Crippen LogP contribution is 2.28. The van der Waals surface area contributed by atoms with Crippen LogP contribution in [0.1, 0.15) is 39.6 Å². The Labute approximate surface area is 93.3 Å². The summed E-state index contributed by atoms with van der Waals surface area (Å²) in [4.78, 5) is 22.4. The van der Waals surface area contributed by atoms with E-state index in [0.717, 1.165) is 24.9 Å². The van der Waals surface area contributed by atoms with Crippen molar-refractivity contribution in [1.82, 2.24) is 0 Å². The Balaban J connectivity index is 2.61. The van der Waals surface area contributed by atoms with E-state index in [1.54, 1.807) is 6.07 Å². The number of aryl methyl sites for hydroxylation is 1. The van der Waals surface area contributed by atoms with Crippen molar-refractivity contribution in [2.75, 3.05) is 11.9 Å². The summed E-state index contributed by atoms with van der Waals surface area (Å²) in [6.07, 6.45) is 1.79. The van der Waals surface area contributed by atoms with Crippen LogP contribution in [-0.4, -0.2) is 23.4 Å². The first-order valence-corrected chi connectivity index (χ1v) is 5.24. The number of anilines is 1. The number of carboxylic acids is 1. The highest BCUT2D eigenvalue weighted by molar-refractivity contribution is 6.01. The summed E-state index contributed by atoms with van der Waals surface area (Å²) in [5.74, 6) is -1.09. The number of carbonyl (C=O) groups excluding carboxylic acids is 1. The van der Waals surface area contributed by atoms with Crippen LogP contribution in [0.25, 0.3) is 0 Å². The van der Waals surface area contributed by atoms with Crippen LogP contribution >= 0.6 is 0 Å². The first kappa shape index (κ1) is 10.7. The Morgan fingerprint density at radius 3 is 2.75 bits per heavy atom. The number of ketones is 1. The molecule has 4 nitrogen and oxygen atoms in total. The van der Waals surface area contributed by atoms with Gasteiger partial charge in [-0.15, -0.1) is 0 Å². The normalized spacial score (nSPS) is 13.8. The number of carbonyl (C=O) groups is 2. The molecule has 0 unspecified atom stereocenters. The van der Waals surface area contributed by atoms with Gasteiger partial charge in [-0.2, -0.15) is 0 Å². The molecule has 0 atom stereocenters. The third-order valence-corrected chi connectivity index (χ3v) is 2.78. The van der Waals surface area contributed by atoms with Gasteiger partial charge in [0.15, 0.2) is 5.78 Å². The summed E-state index contributed by atoms with van der Waals surface area (Å²) in [6, 6.07) is 3.23. The molecule has 1 aliphatic rings. The first-order valence-electron chi connectivity index (χ1n) is 5.24. The molecule has 0 amide bonds. The summed E-state index contributed by atoms with van der Waals surface area (Å²) >= 11 is 0. The maximum atomic E-state index is 11.3. The van der Waals surface area contributed by atoms with Gasteiger partial charge in [0.1, 0.15) is 0 Å². The van der Waals surface area contributed by atoms with Crippen molar-refractivity contribution in [3.63, 3.8) is 0 Å². The molecular weight excluding hydrogens is 206 g/mol. The molecule has 0 saturated carbocycles. The van der Waals surface area contributed by atoms with E-state index in [1.165, 1.54) is 13.0 Å². The van der Waals surface area contributed by atoms with E-state index in [1.807, 2.05) is 0 Å². The second kappa shape index (κ2) is 3.96. The average Bonchev–Trinajstić information content (AvgIpc) is 2.27. The maximum Gasteiger partial charge on any atom is 0.337 e. The maximum absolute atomic E-state index is 11.3. The monoisotopic (exact) mass is 219 g/mol.